The molecule has 1 atom stereocenters. The van der Waals surface area contributed by atoms with Crippen LogP contribution in [-0.4, -0.2) is 48.6 Å². The van der Waals surface area contributed by atoms with Crippen molar-refractivity contribution in [3.8, 4) is 0 Å². The maximum atomic E-state index is 5.73. The summed E-state index contributed by atoms with van der Waals surface area (Å²) in [5.74, 6) is 0. The van der Waals surface area contributed by atoms with E-state index in [0.717, 1.165) is 43.4 Å². The molecule has 0 bridgehead atoms. The third-order valence-corrected chi connectivity index (χ3v) is 4.93. The Morgan fingerprint density at radius 1 is 1.26 bits per heavy atom. The molecule has 2 heterocycles. The molecule has 1 aliphatic heterocycles. The predicted octanol–water partition coefficient (Wildman–Crippen LogP) is 1.77. The van der Waals surface area contributed by atoms with Gasteiger partial charge in [-0.15, -0.1) is 0 Å². The van der Waals surface area contributed by atoms with Crippen molar-refractivity contribution >= 4 is 26.7 Å². The SMILES string of the molecule is CC(CN)N1CCN(c2nc3ccccc3s2)CC1. The van der Waals surface area contributed by atoms with Gasteiger partial charge in [-0.2, -0.15) is 0 Å². The van der Waals surface area contributed by atoms with Crippen LogP contribution in [0.3, 0.4) is 0 Å². The molecule has 1 unspecified atom stereocenters. The number of hydrogen-bond acceptors (Lipinski definition) is 5. The lowest BCUT2D eigenvalue weighted by molar-refractivity contribution is 0.201. The maximum absolute atomic E-state index is 5.73. The van der Waals surface area contributed by atoms with E-state index in [1.54, 1.807) is 11.3 Å². The van der Waals surface area contributed by atoms with Crippen LogP contribution in [0.2, 0.25) is 0 Å². The average molecular weight is 276 g/mol. The second-order valence-corrected chi connectivity index (χ2v) is 6.08. The van der Waals surface area contributed by atoms with Crippen molar-refractivity contribution in [2.45, 2.75) is 13.0 Å². The van der Waals surface area contributed by atoms with Gasteiger partial charge in [-0.05, 0) is 19.1 Å². The minimum Gasteiger partial charge on any atom is -0.345 e. The van der Waals surface area contributed by atoms with Crippen molar-refractivity contribution in [3.63, 3.8) is 0 Å². The smallest absolute Gasteiger partial charge is 0.186 e. The minimum absolute atomic E-state index is 0.484. The molecular weight excluding hydrogens is 256 g/mol. The van der Waals surface area contributed by atoms with Crippen LogP contribution in [0, 0.1) is 0 Å². The Bertz CT molecular complexity index is 512. The Hall–Kier alpha value is -1.17. The first-order valence-electron chi connectivity index (χ1n) is 6.82. The summed E-state index contributed by atoms with van der Waals surface area (Å²) in [5, 5.41) is 1.15. The highest BCUT2D eigenvalue weighted by Crippen LogP contribution is 2.29. The lowest BCUT2D eigenvalue weighted by Gasteiger charge is -2.37. The van der Waals surface area contributed by atoms with Gasteiger partial charge in [0, 0.05) is 38.8 Å². The molecule has 0 saturated carbocycles. The zero-order chi connectivity index (χ0) is 13.2. The molecule has 2 aromatic rings. The number of thiazole rings is 1. The molecule has 0 aliphatic carbocycles. The van der Waals surface area contributed by atoms with Crippen LogP contribution < -0.4 is 10.6 Å². The minimum atomic E-state index is 0.484. The van der Waals surface area contributed by atoms with E-state index in [1.807, 2.05) is 6.07 Å². The Balaban J connectivity index is 1.71. The molecule has 1 fully saturated rings. The van der Waals surface area contributed by atoms with Crippen molar-refractivity contribution in [2.24, 2.45) is 5.73 Å². The van der Waals surface area contributed by atoms with Gasteiger partial charge in [0.1, 0.15) is 0 Å². The first-order chi connectivity index (χ1) is 9.28. The summed E-state index contributed by atoms with van der Waals surface area (Å²) in [7, 11) is 0. The van der Waals surface area contributed by atoms with E-state index in [-0.39, 0.29) is 0 Å². The number of anilines is 1. The molecular formula is C14H20N4S. The molecule has 1 aromatic carbocycles. The first kappa shape index (κ1) is 12.8. The normalized spacial score (nSPS) is 18.9. The number of piperazine rings is 1. The topological polar surface area (TPSA) is 45.4 Å². The molecule has 0 radical (unpaired) electrons. The molecule has 0 amide bonds. The fourth-order valence-corrected chi connectivity index (χ4v) is 3.52. The molecule has 5 heteroatoms. The van der Waals surface area contributed by atoms with E-state index >= 15 is 0 Å². The highest BCUT2D eigenvalue weighted by molar-refractivity contribution is 7.22. The second-order valence-electron chi connectivity index (χ2n) is 5.07. The van der Waals surface area contributed by atoms with E-state index in [4.69, 9.17) is 10.7 Å². The highest BCUT2D eigenvalue weighted by Gasteiger charge is 2.22. The highest BCUT2D eigenvalue weighted by atomic mass is 32.1. The first-order valence-corrected chi connectivity index (χ1v) is 7.64. The largest absolute Gasteiger partial charge is 0.345 e. The van der Waals surface area contributed by atoms with Crippen LogP contribution in [0.5, 0.6) is 0 Å². The van der Waals surface area contributed by atoms with Gasteiger partial charge in [-0.3, -0.25) is 4.90 Å². The van der Waals surface area contributed by atoms with E-state index in [0.29, 0.717) is 6.04 Å². The summed E-state index contributed by atoms with van der Waals surface area (Å²) in [6.45, 7) is 7.19. The fraction of sp³-hybridized carbons (Fsp3) is 0.500. The molecule has 1 saturated heterocycles. The third-order valence-electron chi connectivity index (χ3n) is 3.83. The van der Waals surface area contributed by atoms with Gasteiger partial charge in [0.25, 0.3) is 0 Å². The summed E-state index contributed by atoms with van der Waals surface area (Å²) < 4.78 is 1.27. The molecule has 1 aliphatic rings. The predicted molar refractivity (Wildman–Crippen MR) is 81.9 cm³/mol. The maximum Gasteiger partial charge on any atom is 0.186 e. The van der Waals surface area contributed by atoms with Crippen molar-refractivity contribution < 1.29 is 0 Å². The van der Waals surface area contributed by atoms with E-state index < -0.39 is 0 Å². The van der Waals surface area contributed by atoms with Crippen LogP contribution in [0.15, 0.2) is 24.3 Å². The van der Waals surface area contributed by atoms with Gasteiger partial charge in [-0.1, -0.05) is 23.5 Å². The Morgan fingerprint density at radius 2 is 2.00 bits per heavy atom. The van der Waals surface area contributed by atoms with E-state index in [9.17, 15) is 0 Å². The van der Waals surface area contributed by atoms with Crippen LogP contribution in [0.25, 0.3) is 10.2 Å². The number of rotatable bonds is 3. The number of benzene rings is 1. The van der Waals surface area contributed by atoms with Crippen LogP contribution in [0.1, 0.15) is 6.92 Å². The molecule has 0 spiro atoms. The molecule has 102 valence electrons. The quantitative estimate of drug-likeness (QED) is 0.928. The summed E-state index contributed by atoms with van der Waals surface area (Å²) in [6, 6.07) is 8.83. The Kier molecular flexibility index (Phi) is 3.68. The van der Waals surface area contributed by atoms with Gasteiger partial charge >= 0.3 is 0 Å². The fourth-order valence-electron chi connectivity index (χ4n) is 2.50. The molecule has 19 heavy (non-hydrogen) atoms. The van der Waals surface area contributed by atoms with Gasteiger partial charge in [-0.25, -0.2) is 4.98 Å². The van der Waals surface area contributed by atoms with Crippen molar-refractivity contribution in [2.75, 3.05) is 37.6 Å². The summed E-state index contributed by atoms with van der Waals surface area (Å²) in [6.07, 6.45) is 0. The number of nitrogens with two attached hydrogens (primary N) is 1. The van der Waals surface area contributed by atoms with Crippen molar-refractivity contribution in [3.05, 3.63) is 24.3 Å². The zero-order valence-electron chi connectivity index (χ0n) is 11.2. The number of fused-ring (bicyclic) bond motifs is 1. The van der Waals surface area contributed by atoms with Gasteiger partial charge in [0.2, 0.25) is 0 Å². The number of para-hydroxylation sites is 1. The lowest BCUT2D eigenvalue weighted by atomic mass is 10.2. The van der Waals surface area contributed by atoms with Crippen molar-refractivity contribution in [1.82, 2.24) is 9.88 Å². The lowest BCUT2D eigenvalue weighted by Crippen LogP contribution is -2.51. The van der Waals surface area contributed by atoms with Gasteiger partial charge in [0.05, 0.1) is 10.2 Å². The zero-order valence-corrected chi connectivity index (χ0v) is 12.1. The molecule has 2 N–H and O–H groups in total. The van der Waals surface area contributed by atoms with Gasteiger partial charge < -0.3 is 10.6 Å². The number of aromatic nitrogens is 1. The molecule has 1 aromatic heterocycles. The number of hydrogen-bond donors (Lipinski definition) is 1. The Morgan fingerprint density at radius 3 is 2.68 bits per heavy atom. The second kappa shape index (κ2) is 5.45. The van der Waals surface area contributed by atoms with Crippen LogP contribution in [0.4, 0.5) is 5.13 Å². The van der Waals surface area contributed by atoms with Gasteiger partial charge in [0.15, 0.2) is 5.13 Å². The summed E-state index contributed by atoms with van der Waals surface area (Å²) >= 11 is 1.79. The molecule has 3 rings (SSSR count). The molecule has 4 nitrogen and oxygen atoms in total. The summed E-state index contributed by atoms with van der Waals surface area (Å²) in [5.41, 5.74) is 6.85. The average Bonchev–Trinajstić information content (AvgIpc) is 2.90. The van der Waals surface area contributed by atoms with E-state index in [2.05, 4.69) is 34.9 Å². The number of nitrogens with zero attached hydrogens (tertiary/aromatic N) is 3. The van der Waals surface area contributed by atoms with Crippen LogP contribution in [-0.2, 0) is 0 Å². The van der Waals surface area contributed by atoms with Crippen molar-refractivity contribution in [1.29, 1.82) is 0 Å². The third kappa shape index (κ3) is 2.59. The summed E-state index contributed by atoms with van der Waals surface area (Å²) in [4.78, 5) is 9.58. The monoisotopic (exact) mass is 276 g/mol. The Labute approximate surface area is 117 Å². The van der Waals surface area contributed by atoms with E-state index in [1.165, 1.54) is 4.70 Å². The van der Waals surface area contributed by atoms with Crippen LogP contribution >= 0.6 is 11.3 Å². The standard InChI is InChI=1S/C14H20N4S/c1-11(10-15)17-6-8-18(9-7-17)14-16-12-4-2-3-5-13(12)19-14/h2-5,11H,6-10,15H2,1H3.